The zero-order valence-electron chi connectivity index (χ0n) is 9.04. The van der Waals surface area contributed by atoms with Crippen LogP contribution < -0.4 is 0 Å². The molecule has 4 nitrogen and oxygen atoms in total. The molecule has 0 aliphatic carbocycles. The summed E-state index contributed by atoms with van der Waals surface area (Å²) in [4.78, 5) is 20.8. The zero-order valence-corrected chi connectivity index (χ0v) is 9.04. The van der Waals surface area contributed by atoms with Crippen molar-refractivity contribution in [2.75, 3.05) is 0 Å². The summed E-state index contributed by atoms with van der Waals surface area (Å²) < 4.78 is 9.99. The number of ether oxygens (including phenoxy) is 2. The maximum atomic E-state index is 10.7. The molecule has 2 atom stereocenters. The Hall–Kier alpha value is -1.68. The van der Waals surface area contributed by atoms with Crippen LogP contribution in [0.4, 0.5) is 0 Å². The van der Waals surface area contributed by atoms with E-state index in [9.17, 15) is 9.59 Å². The Bertz CT molecular complexity index is 323. The molecule has 0 heterocycles. The van der Waals surface area contributed by atoms with Gasteiger partial charge in [0.25, 0.3) is 6.47 Å². The molecule has 1 aromatic carbocycles. The average molecular weight is 222 g/mol. The van der Waals surface area contributed by atoms with E-state index in [1.807, 2.05) is 30.3 Å². The van der Waals surface area contributed by atoms with E-state index in [0.717, 1.165) is 5.56 Å². The molecule has 0 aliphatic rings. The monoisotopic (exact) mass is 222 g/mol. The summed E-state index contributed by atoms with van der Waals surface area (Å²) in [6.45, 7) is 2.24. The lowest BCUT2D eigenvalue weighted by Gasteiger charge is -2.17. The van der Waals surface area contributed by atoms with E-state index in [2.05, 4.69) is 4.74 Å². The summed E-state index contributed by atoms with van der Waals surface area (Å²) in [7, 11) is 0. The van der Waals surface area contributed by atoms with Crippen molar-refractivity contribution in [1.29, 1.82) is 0 Å². The van der Waals surface area contributed by atoms with E-state index in [1.54, 1.807) is 6.92 Å². The molecule has 0 fully saturated rings. The van der Waals surface area contributed by atoms with Crippen LogP contribution in [-0.2, 0) is 25.7 Å². The Kier molecular flexibility index (Phi) is 5.22. The Morgan fingerprint density at radius 2 is 1.94 bits per heavy atom. The molecule has 16 heavy (non-hydrogen) atoms. The van der Waals surface area contributed by atoms with Crippen molar-refractivity contribution < 1.29 is 19.1 Å². The molecule has 4 heteroatoms. The van der Waals surface area contributed by atoms with Crippen LogP contribution in [0.15, 0.2) is 30.3 Å². The van der Waals surface area contributed by atoms with Crippen molar-refractivity contribution in [3.63, 3.8) is 0 Å². The number of carbonyl (C=O) groups is 2. The van der Waals surface area contributed by atoms with E-state index in [1.165, 1.54) is 0 Å². The van der Waals surface area contributed by atoms with Crippen LogP contribution in [0.1, 0.15) is 12.5 Å². The first-order valence-corrected chi connectivity index (χ1v) is 4.98. The van der Waals surface area contributed by atoms with Gasteiger partial charge in [-0.15, -0.1) is 0 Å². The van der Waals surface area contributed by atoms with Gasteiger partial charge in [-0.25, -0.2) is 0 Å². The lowest BCUT2D eigenvalue weighted by atomic mass is 10.2. The Morgan fingerprint density at radius 3 is 2.50 bits per heavy atom. The third-order valence-corrected chi connectivity index (χ3v) is 2.15. The van der Waals surface area contributed by atoms with Crippen LogP contribution in [0.5, 0.6) is 0 Å². The van der Waals surface area contributed by atoms with Gasteiger partial charge in [-0.2, -0.15) is 0 Å². The molecular weight excluding hydrogens is 208 g/mol. The van der Waals surface area contributed by atoms with Crippen LogP contribution in [0.2, 0.25) is 0 Å². The number of benzene rings is 1. The number of carbonyl (C=O) groups excluding carboxylic acids is 2. The molecule has 0 bridgehead atoms. The smallest absolute Gasteiger partial charge is 0.293 e. The fourth-order valence-corrected chi connectivity index (χ4v) is 1.22. The molecule has 0 unspecified atom stereocenters. The largest absolute Gasteiger partial charge is 0.462 e. The van der Waals surface area contributed by atoms with Gasteiger partial charge in [0.1, 0.15) is 12.2 Å². The number of hydrogen-bond donors (Lipinski definition) is 0. The van der Waals surface area contributed by atoms with Crippen molar-refractivity contribution in [2.24, 2.45) is 0 Å². The fraction of sp³-hybridized carbons (Fsp3) is 0.333. The third kappa shape index (κ3) is 3.82. The van der Waals surface area contributed by atoms with Gasteiger partial charge in [-0.05, 0) is 12.5 Å². The first-order chi connectivity index (χ1) is 7.77. The van der Waals surface area contributed by atoms with Gasteiger partial charge < -0.3 is 14.3 Å². The highest BCUT2D eigenvalue weighted by atomic mass is 16.6. The maximum Gasteiger partial charge on any atom is 0.293 e. The Balaban J connectivity index is 2.45. The summed E-state index contributed by atoms with van der Waals surface area (Å²) in [5, 5.41) is 0. The van der Waals surface area contributed by atoms with Crippen LogP contribution >= 0.6 is 0 Å². The van der Waals surface area contributed by atoms with Gasteiger partial charge in [0.2, 0.25) is 0 Å². The summed E-state index contributed by atoms with van der Waals surface area (Å²) in [5.41, 5.74) is 0.965. The highest BCUT2D eigenvalue weighted by molar-refractivity contribution is 5.57. The summed E-state index contributed by atoms with van der Waals surface area (Å²) in [5.74, 6) is 0. The molecule has 86 valence electrons. The van der Waals surface area contributed by atoms with Crippen molar-refractivity contribution in [2.45, 2.75) is 25.7 Å². The second-order valence-corrected chi connectivity index (χ2v) is 3.33. The molecule has 1 aromatic rings. The van der Waals surface area contributed by atoms with E-state index in [0.29, 0.717) is 19.4 Å². The quantitative estimate of drug-likeness (QED) is 0.653. The van der Waals surface area contributed by atoms with Gasteiger partial charge in [0.15, 0.2) is 6.29 Å². The lowest BCUT2D eigenvalue weighted by molar-refractivity contribution is -0.145. The fourth-order valence-electron chi connectivity index (χ4n) is 1.22. The first kappa shape index (κ1) is 12.4. The second-order valence-electron chi connectivity index (χ2n) is 3.33. The Morgan fingerprint density at radius 1 is 1.25 bits per heavy atom. The van der Waals surface area contributed by atoms with E-state index in [4.69, 9.17) is 4.74 Å². The predicted octanol–water partition coefficient (Wildman–Crippen LogP) is 1.33. The van der Waals surface area contributed by atoms with Gasteiger partial charge in [-0.3, -0.25) is 4.79 Å². The number of rotatable bonds is 7. The lowest BCUT2D eigenvalue weighted by Crippen LogP contribution is -2.30. The van der Waals surface area contributed by atoms with E-state index >= 15 is 0 Å². The van der Waals surface area contributed by atoms with Crippen LogP contribution in [0.25, 0.3) is 0 Å². The number of aldehydes is 1. The molecule has 0 N–H and O–H groups in total. The van der Waals surface area contributed by atoms with Gasteiger partial charge in [0.05, 0.1) is 6.61 Å². The molecule has 0 amide bonds. The minimum absolute atomic E-state index is 0.313. The molecular formula is C12H14O4. The van der Waals surface area contributed by atoms with Crippen molar-refractivity contribution in [3.8, 4) is 0 Å². The Labute approximate surface area is 94.2 Å². The van der Waals surface area contributed by atoms with Gasteiger partial charge in [-0.1, -0.05) is 30.3 Å². The van der Waals surface area contributed by atoms with E-state index < -0.39 is 12.2 Å². The standard InChI is InChI=1S/C12H14O4/c1-10(16-9-14)12(7-13)15-8-11-5-3-2-4-6-11/h2-7,9-10,12H,8H2,1H3/t10-,12+/m1/s1. The van der Waals surface area contributed by atoms with E-state index in [-0.39, 0.29) is 0 Å². The number of hydrogen-bond acceptors (Lipinski definition) is 4. The minimum Gasteiger partial charge on any atom is -0.462 e. The topological polar surface area (TPSA) is 52.6 Å². The zero-order chi connectivity index (χ0) is 11.8. The summed E-state index contributed by atoms with van der Waals surface area (Å²) in [6, 6.07) is 9.47. The van der Waals surface area contributed by atoms with Gasteiger partial charge >= 0.3 is 0 Å². The normalized spacial score (nSPS) is 13.8. The molecule has 0 aromatic heterocycles. The second kappa shape index (κ2) is 6.74. The molecule has 0 radical (unpaired) electrons. The summed E-state index contributed by atoms with van der Waals surface area (Å²) in [6.07, 6.45) is -0.666. The third-order valence-electron chi connectivity index (χ3n) is 2.15. The summed E-state index contributed by atoms with van der Waals surface area (Å²) >= 11 is 0. The average Bonchev–Trinajstić information content (AvgIpc) is 2.31. The minimum atomic E-state index is -0.731. The molecule has 1 rings (SSSR count). The maximum absolute atomic E-state index is 10.7. The van der Waals surface area contributed by atoms with Crippen molar-refractivity contribution in [1.82, 2.24) is 0 Å². The SMILES string of the molecule is C[C@@H](OC=O)[C@H](C=O)OCc1ccccc1. The molecule has 0 spiro atoms. The van der Waals surface area contributed by atoms with Crippen LogP contribution in [0.3, 0.4) is 0 Å². The van der Waals surface area contributed by atoms with Gasteiger partial charge in [0, 0.05) is 0 Å². The van der Waals surface area contributed by atoms with Crippen molar-refractivity contribution in [3.05, 3.63) is 35.9 Å². The molecule has 0 aliphatic heterocycles. The highest BCUT2D eigenvalue weighted by Crippen LogP contribution is 2.06. The van der Waals surface area contributed by atoms with Crippen molar-refractivity contribution >= 4 is 12.8 Å². The van der Waals surface area contributed by atoms with Crippen LogP contribution in [-0.4, -0.2) is 25.0 Å². The predicted molar refractivity (Wildman–Crippen MR) is 57.7 cm³/mol. The molecule has 0 saturated carbocycles. The highest BCUT2D eigenvalue weighted by Gasteiger charge is 2.17. The molecule has 0 saturated heterocycles. The van der Waals surface area contributed by atoms with Crippen LogP contribution in [0, 0.1) is 0 Å². The first-order valence-electron chi connectivity index (χ1n) is 4.98.